The zero-order valence-corrected chi connectivity index (χ0v) is 16.4. The fourth-order valence-corrected chi connectivity index (χ4v) is 6.51. The number of carbonyl (C=O) groups is 1. The molecule has 3 heterocycles. The van der Waals surface area contributed by atoms with E-state index in [-0.39, 0.29) is 17.7 Å². The minimum Gasteiger partial charge on any atom is -0.342 e. The van der Waals surface area contributed by atoms with Crippen LogP contribution >= 0.6 is 11.3 Å². The predicted octanol–water partition coefficient (Wildman–Crippen LogP) is 1.66. The molecule has 0 saturated carbocycles. The molecule has 3 rings (SSSR count). The summed E-state index contributed by atoms with van der Waals surface area (Å²) in [4.78, 5) is 15.2. The third-order valence-corrected chi connectivity index (χ3v) is 8.73. The Morgan fingerprint density at radius 3 is 2.60 bits per heavy atom. The molecule has 0 radical (unpaired) electrons. The van der Waals surface area contributed by atoms with Crippen LogP contribution in [0, 0.1) is 5.41 Å². The molecule has 1 aromatic rings. The van der Waals surface area contributed by atoms with Crippen molar-refractivity contribution >= 4 is 27.3 Å². The van der Waals surface area contributed by atoms with E-state index >= 15 is 0 Å². The molecule has 1 unspecified atom stereocenters. The zero-order valence-electron chi connectivity index (χ0n) is 14.7. The number of thiophene rings is 1. The Labute approximate surface area is 154 Å². The van der Waals surface area contributed by atoms with Gasteiger partial charge in [0.05, 0.1) is 6.42 Å². The van der Waals surface area contributed by atoms with E-state index in [9.17, 15) is 13.2 Å². The molecule has 2 fully saturated rings. The number of hydrogen-bond acceptors (Lipinski definition) is 5. The van der Waals surface area contributed by atoms with Gasteiger partial charge in [-0.25, -0.2) is 8.42 Å². The monoisotopic (exact) mass is 385 g/mol. The lowest BCUT2D eigenvalue weighted by Gasteiger charge is -2.25. The van der Waals surface area contributed by atoms with Crippen LogP contribution in [0.2, 0.25) is 0 Å². The largest absolute Gasteiger partial charge is 0.342 e. The van der Waals surface area contributed by atoms with E-state index in [1.165, 1.54) is 11.3 Å². The van der Waals surface area contributed by atoms with Gasteiger partial charge in [0.1, 0.15) is 4.21 Å². The maximum atomic E-state index is 12.7. The molecule has 6 nitrogen and oxygen atoms in total. The summed E-state index contributed by atoms with van der Waals surface area (Å²) in [6, 6.07) is 3.42. The molecule has 0 spiro atoms. The average molecular weight is 386 g/mol. The van der Waals surface area contributed by atoms with Gasteiger partial charge in [0.25, 0.3) is 10.0 Å². The molecule has 1 aromatic heterocycles. The maximum absolute atomic E-state index is 12.7. The van der Waals surface area contributed by atoms with Crippen molar-refractivity contribution in [3.05, 3.63) is 17.0 Å². The van der Waals surface area contributed by atoms with Gasteiger partial charge in [0, 0.05) is 31.1 Å². The van der Waals surface area contributed by atoms with Crippen LogP contribution in [0.1, 0.15) is 37.5 Å². The molecule has 1 amide bonds. The Hall–Kier alpha value is -0.960. The molecule has 140 valence electrons. The van der Waals surface area contributed by atoms with Crippen LogP contribution in [0.5, 0.6) is 0 Å². The van der Waals surface area contributed by atoms with E-state index in [1.54, 1.807) is 16.4 Å². The Morgan fingerprint density at radius 2 is 1.96 bits per heavy atom. The minimum atomic E-state index is -3.41. The second kappa shape index (κ2) is 7.34. The van der Waals surface area contributed by atoms with Crippen molar-refractivity contribution in [1.82, 2.24) is 9.21 Å². The normalized spacial score (nSPS) is 25.4. The van der Waals surface area contributed by atoms with E-state index in [1.807, 2.05) is 4.90 Å². The third-order valence-electron chi connectivity index (χ3n) is 5.27. The highest BCUT2D eigenvalue weighted by atomic mass is 32.2. The third kappa shape index (κ3) is 4.07. The molecule has 0 bridgehead atoms. The number of nitrogens with two attached hydrogens (primary N) is 1. The number of hydrogen-bond donors (Lipinski definition) is 1. The number of nitrogens with zero attached hydrogens (tertiary/aromatic N) is 2. The second-order valence-corrected chi connectivity index (χ2v) is 10.8. The predicted molar refractivity (Wildman–Crippen MR) is 99.0 cm³/mol. The average Bonchev–Trinajstić information content (AvgIpc) is 3.23. The summed E-state index contributed by atoms with van der Waals surface area (Å²) in [5.41, 5.74) is 5.81. The van der Waals surface area contributed by atoms with Crippen LogP contribution < -0.4 is 5.73 Å². The first-order valence-electron chi connectivity index (χ1n) is 8.91. The van der Waals surface area contributed by atoms with E-state index in [0.717, 1.165) is 37.1 Å². The summed E-state index contributed by atoms with van der Waals surface area (Å²) in [6.07, 6.45) is 4.12. The fraction of sp³-hybridized carbons (Fsp3) is 0.706. The van der Waals surface area contributed by atoms with Gasteiger partial charge in [-0.15, -0.1) is 11.3 Å². The SMILES string of the molecule is CC1(CN)CCN(C(=O)Cc2ccc(S(=O)(=O)N3CCCCC3)s2)C1. The van der Waals surface area contributed by atoms with E-state index in [0.29, 0.717) is 30.4 Å². The Balaban J connectivity index is 1.65. The number of rotatable bonds is 5. The van der Waals surface area contributed by atoms with Crippen LogP contribution in [0.3, 0.4) is 0 Å². The lowest BCUT2D eigenvalue weighted by molar-refractivity contribution is -0.129. The second-order valence-electron chi connectivity index (χ2n) is 7.44. The zero-order chi connectivity index (χ0) is 18.1. The highest BCUT2D eigenvalue weighted by molar-refractivity contribution is 7.91. The van der Waals surface area contributed by atoms with Gasteiger partial charge < -0.3 is 10.6 Å². The van der Waals surface area contributed by atoms with Gasteiger partial charge in [-0.05, 0) is 43.4 Å². The number of amides is 1. The van der Waals surface area contributed by atoms with Crippen LogP contribution in [-0.4, -0.2) is 56.3 Å². The molecule has 2 saturated heterocycles. The summed E-state index contributed by atoms with van der Waals surface area (Å²) in [5.74, 6) is 0.0564. The van der Waals surface area contributed by atoms with Crippen molar-refractivity contribution in [3.8, 4) is 0 Å². The summed E-state index contributed by atoms with van der Waals surface area (Å²) in [5, 5.41) is 0. The molecule has 8 heteroatoms. The number of carbonyl (C=O) groups excluding carboxylic acids is 1. The topological polar surface area (TPSA) is 83.7 Å². The van der Waals surface area contributed by atoms with Crippen LogP contribution in [-0.2, 0) is 21.2 Å². The first-order valence-corrected chi connectivity index (χ1v) is 11.2. The molecule has 2 aliphatic rings. The van der Waals surface area contributed by atoms with Crippen LogP contribution in [0.4, 0.5) is 0 Å². The molecule has 0 aliphatic carbocycles. The van der Waals surface area contributed by atoms with Crippen LogP contribution in [0.25, 0.3) is 0 Å². The Kier molecular flexibility index (Phi) is 5.53. The van der Waals surface area contributed by atoms with Crippen molar-refractivity contribution in [3.63, 3.8) is 0 Å². The van der Waals surface area contributed by atoms with Gasteiger partial charge in [-0.3, -0.25) is 4.79 Å². The fourth-order valence-electron chi connectivity index (χ4n) is 3.49. The minimum absolute atomic E-state index is 0.00781. The highest BCUT2D eigenvalue weighted by Gasteiger charge is 2.35. The van der Waals surface area contributed by atoms with Gasteiger partial charge in [0.15, 0.2) is 0 Å². The lowest BCUT2D eigenvalue weighted by Crippen LogP contribution is -2.35. The number of sulfonamides is 1. The Bertz CT molecular complexity index is 725. The molecular weight excluding hydrogens is 358 g/mol. The van der Waals surface area contributed by atoms with E-state index in [4.69, 9.17) is 5.73 Å². The molecule has 2 N–H and O–H groups in total. The summed E-state index contributed by atoms with van der Waals surface area (Å²) < 4.78 is 27.3. The maximum Gasteiger partial charge on any atom is 0.252 e. The van der Waals surface area contributed by atoms with Gasteiger partial charge in [-0.1, -0.05) is 13.3 Å². The molecule has 1 atom stereocenters. The van der Waals surface area contributed by atoms with Crippen LogP contribution in [0.15, 0.2) is 16.3 Å². The van der Waals surface area contributed by atoms with Crippen molar-refractivity contribution < 1.29 is 13.2 Å². The van der Waals surface area contributed by atoms with Gasteiger partial charge >= 0.3 is 0 Å². The van der Waals surface area contributed by atoms with Crippen molar-refractivity contribution in [1.29, 1.82) is 0 Å². The number of piperidine rings is 1. The highest BCUT2D eigenvalue weighted by Crippen LogP contribution is 2.30. The summed E-state index contributed by atoms with van der Waals surface area (Å²) >= 11 is 1.22. The Morgan fingerprint density at radius 1 is 1.24 bits per heavy atom. The molecule has 2 aliphatic heterocycles. The van der Waals surface area contributed by atoms with Gasteiger partial charge in [0.2, 0.25) is 5.91 Å². The first-order chi connectivity index (χ1) is 11.8. The van der Waals surface area contributed by atoms with Crippen molar-refractivity contribution in [2.24, 2.45) is 11.1 Å². The van der Waals surface area contributed by atoms with Gasteiger partial charge in [-0.2, -0.15) is 4.31 Å². The quantitative estimate of drug-likeness (QED) is 0.835. The van der Waals surface area contributed by atoms with E-state index < -0.39 is 10.0 Å². The van der Waals surface area contributed by atoms with Crippen molar-refractivity contribution in [2.45, 2.75) is 43.2 Å². The first kappa shape index (κ1) is 18.8. The summed E-state index contributed by atoms with van der Waals surface area (Å²) in [7, 11) is -3.41. The number of likely N-dealkylation sites (tertiary alicyclic amines) is 1. The molecule has 0 aromatic carbocycles. The molecular formula is C17H27N3O3S2. The molecule has 25 heavy (non-hydrogen) atoms. The lowest BCUT2D eigenvalue weighted by atomic mass is 9.90. The smallest absolute Gasteiger partial charge is 0.252 e. The van der Waals surface area contributed by atoms with Crippen molar-refractivity contribution in [2.75, 3.05) is 32.7 Å². The summed E-state index contributed by atoms with van der Waals surface area (Å²) in [6.45, 7) is 5.30. The standard InChI is InChI=1S/C17H27N3O3S2/c1-17(12-18)7-10-19(13-17)15(21)11-14-5-6-16(24-14)25(22,23)20-8-3-2-4-9-20/h5-6H,2-4,7-13,18H2,1H3. The van der Waals surface area contributed by atoms with E-state index in [2.05, 4.69) is 6.92 Å².